The lowest BCUT2D eigenvalue weighted by atomic mass is 10.1. The second-order valence-corrected chi connectivity index (χ2v) is 8.88. The minimum absolute atomic E-state index is 0.0583. The van der Waals surface area contributed by atoms with Crippen LogP contribution in [0.25, 0.3) is 0 Å². The number of hydrogen-bond acceptors (Lipinski definition) is 4. The van der Waals surface area contributed by atoms with Crippen LogP contribution in [0, 0.1) is 0 Å². The minimum atomic E-state index is -0.548. The van der Waals surface area contributed by atoms with Crippen molar-refractivity contribution in [2.45, 2.75) is 26.4 Å². The van der Waals surface area contributed by atoms with Crippen LogP contribution in [0.15, 0.2) is 83.5 Å². The van der Waals surface area contributed by atoms with Crippen LogP contribution in [0.4, 0.5) is 5.69 Å². The van der Waals surface area contributed by atoms with Gasteiger partial charge in [0.25, 0.3) is 17.7 Å². The van der Waals surface area contributed by atoms with Crippen molar-refractivity contribution >= 4 is 46.6 Å². The average Bonchev–Trinajstić information content (AvgIpc) is 3.07. The van der Waals surface area contributed by atoms with Crippen LogP contribution in [0.1, 0.15) is 34.0 Å². The Bertz CT molecular complexity index is 1280. The van der Waals surface area contributed by atoms with Crippen molar-refractivity contribution in [1.82, 2.24) is 10.2 Å². The molecule has 3 aromatic rings. The molecule has 0 bridgehead atoms. The minimum Gasteiger partial charge on any atom is -0.375 e. The van der Waals surface area contributed by atoms with E-state index in [0.29, 0.717) is 10.6 Å². The van der Waals surface area contributed by atoms with E-state index in [1.165, 1.54) is 5.56 Å². The molecule has 0 aromatic heterocycles. The highest BCUT2D eigenvalue weighted by Crippen LogP contribution is 2.25. The molecule has 1 aliphatic heterocycles. The van der Waals surface area contributed by atoms with Crippen LogP contribution >= 0.6 is 23.2 Å². The highest BCUT2D eigenvalue weighted by atomic mass is 35.5. The van der Waals surface area contributed by atoms with Crippen LogP contribution in [0.3, 0.4) is 0 Å². The third kappa shape index (κ3) is 5.73. The maximum absolute atomic E-state index is 12.8. The van der Waals surface area contributed by atoms with E-state index < -0.39 is 11.8 Å². The fraction of sp³-hybridized carbons (Fsp3) is 0.148. The van der Waals surface area contributed by atoms with E-state index in [2.05, 4.69) is 17.6 Å². The van der Waals surface area contributed by atoms with Crippen LogP contribution in [0.2, 0.25) is 5.02 Å². The smallest absolute Gasteiger partial charge is 0.278 e. The molecule has 1 aliphatic rings. The third-order valence-electron chi connectivity index (χ3n) is 5.67. The molecule has 0 fully saturated rings. The summed E-state index contributed by atoms with van der Waals surface area (Å²) in [4.78, 5) is 38.9. The van der Waals surface area contributed by atoms with Gasteiger partial charge in [0.15, 0.2) is 0 Å². The Morgan fingerprint density at radius 2 is 1.40 bits per heavy atom. The number of anilines is 1. The highest BCUT2D eigenvalue weighted by Gasteiger charge is 2.37. The van der Waals surface area contributed by atoms with E-state index in [4.69, 9.17) is 23.2 Å². The van der Waals surface area contributed by atoms with Crippen LogP contribution in [0.5, 0.6) is 0 Å². The molecule has 3 aromatic carbocycles. The maximum atomic E-state index is 12.8. The summed E-state index contributed by atoms with van der Waals surface area (Å²) in [6, 6.07) is 21.6. The number of hydrogen-bond donors (Lipinski definition) is 2. The molecule has 0 spiro atoms. The zero-order chi connectivity index (χ0) is 24.9. The van der Waals surface area contributed by atoms with Gasteiger partial charge >= 0.3 is 0 Å². The van der Waals surface area contributed by atoms with Crippen LogP contribution < -0.4 is 10.6 Å². The van der Waals surface area contributed by atoms with E-state index in [9.17, 15) is 14.4 Å². The molecule has 4 rings (SSSR count). The largest absolute Gasteiger partial charge is 0.375 e. The number of rotatable bonds is 8. The summed E-state index contributed by atoms with van der Waals surface area (Å²) in [5.41, 5.74) is 4.08. The Balaban J connectivity index is 1.35. The maximum Gasteiger partial charge on any atom is 0.278 e. The lowest BCUT2D eigenvalue weighted by molar-refractivity contribution is -0.138. The van der Waals surface area contributed by atoms with Gasteiger partial charge in [-0.1, -0.05) is 66.5 Å². The summed E-state index contributed by atoms with van der Waals surface area (Å²) < 4.78 is 0. The number of nitrogens with one attached hydrogen (secondary N) is 2. The first-order chi connectivity index (χ1) is 16.9. The molecule has 8 heteroatoms. The SMILES string of the molecule is CCc1ccc(NC(=O)c2ccc(CNC3=C(Cl)C(=O)N(Cc4ccc(Cl)cc4)C3=O)cc2)cc1. The van der Waals surface area contributed by atoms with Gasteiger partial charge in [0.2, 0.25) is 0 Å². The predicted octanol–water partition coefficient (Wildman–Crippen LogP) is 5.26. The molecule has 178 valence electrons. The topological polar surface area (TPSA) is 78.5 Å². The number of imide groups is 1. The summed E-state index contributed by atoms with van der Waals surface area (Å²) in [6.45, 7) is 2.44. The van der Waals surface area contributed by atoms with Crippen LogP contribution in [-0.2, 0) is 29.1 Å². The van der Waals surface area contributed by atoms with E-state index >= 15 is 0 Å². The Hall–Kier alpha value is -3.61. The molecule has 3 amide bonds. The summed E-state index contributed by atoms with van der Waals surface area (Å²) in [5.74, 6) is -1.25. The Labute approximate surface area is 213 Å². The molecule has 0 aliphatic carbocycles. The summed E-state index contributed by atoms with van der Waals surface area (Å²) in [5, 5.41) is 6.27. The van der Waals surface area contributed by atoms with Gasteiger partial charge in [-0.25, -0.2) is 0 Å². The Morgan fingerprint density at radius 1 is 0.800 bits per heavy atom. The number of carbonyl (C=O) groups excluding carboxylic acids is 3. The Morgan fingerprint density at radius 3 is 2.03 bits per heavy atom. The Kier molecular flexibility index (Phi) is 7.54. The lowest BCUT2D eigenvalue weighted by Gasteiger charge is -2.15. The second-order valence-electron chi connectivity index (χ2n) is 8.07. The van der Waals surface area contributed by atoms with Crippen molar-refractivity contribution in [2.24, 2.45) is 0 Å². The van der Waals surface area contributed by atoms with Gasteiger partial charge in [0, 0.05) is 22.8 Å². The van der Waals surface area contributed by atoms with Crippen molar-refractivity contribution in [3.05, 3.63) is 111 Å². The molecule has 6 nitrogen and oxygen atoms in total. The first kappa shape index (κ1) is 24.5. The molecule has 1 heterocycles. The van der Waals surface area contributed by atoms with Gasteiger partial charge in [0.1, 0.15) is 10.7 Å². The predicted molar refractivity (Wildman–Crippen MR) is 137 cm³/mol. The van der Waals surface area contributed by atoms with Gasteiger partial charge in [-0.2, -0.15) is 0 Å². The zero-order valence-electron chi connectivity index (χ0n) is 19.0. The number of aryl methyl sites for hydroxylation is 1. The average molecular weight is 508 g/mol. The third-order valence-corrected chi connectivity index (χ3v) is 6.27. The summed E-state index contributed by atoms with van der Waals surface area (Å²) in [7, 11) is 0. The van der Waals surface area contributed by atoms with Crippen molar-refractivity contribution < 1.29 is 14.4 Å². The fourth-order valence-corrected chi connectivity index (χ4v) is 3.98. The van der Waals surface area contributed by atoms with E-state index in [1.54, 1.807) is 48.5 Å². The molecule has 2 N–H and O–H groups in total. The number of amides is 3. The quantitative estimate of drug-likeness (QED) is 0.407. The second kappa shape index (κ2) is 10.8. The van der Waals surface area contributed by atoms with E-state index in [0.717, 1.165) is 28.1 Å². The monoisotopic (exact) mass is 507 g/mol. The molecule has 0 atom stereocenters. The zero-order valence-corrected chi connectivity index (χ0v) is 20.5. The summed E-state index contributed by atoms with van der Waals surface area (Å²) in [6.07, 6.45) is 0.936. The number of halogens is 2. The standard InChI is InChI=1S/C27H23Cl2N3O3/c1-2-17-7-13-22(14-8-17)31-25(33)20-9-3-18(4-10-20)15-30-24-23(29)26(34)32(27(24)35)16-19-5-11-21(28)12-6-19/h3-14,30H,2,15-16H2,1H3,(H,31,33). The van der Waals surface area contributed by atoms with Crippen LogP contribution in [-0.4, -0.2) is 22.6 Å². The van der Waals surface area contributed by atoms with Gasteiger partial charge in [0.05, 0.1) is 6.54 Å². The van der Waals surface area contributed by atoms with Crippen molar-refractivity contribution in [1.29, 1.82) is 0 Å². The van der Waals surface area contributed by atoms with E-state index in [1.807, 2.05) is 24.3 Å². The van der Waals surface area contributed by atoms with Gasteiger partial charge in [-0.05, 0) is 59.5 Å². The summed E-state index contributed by atoms with van der Waals surface area (Å²) >= 11 is 12.1. The molecule has 0 saturated carbocycles. The lowest BCUT2D eigenvalue weighted by Crippen LogP contribution is -2.33. The van der Waals surface area contributed by atoms with E-state index in [-0.39, 0.29) is 29.7 Å². The number of carbonyl (C=O) groups is 3. The molecule has 0 saturated heterocycles. The van der Waals surface area contributed by atoms with Crippen molar-refractivity contribution in [2.75, 3.05) is 5.32 Å². The number of nitrogens with zero attached hydrogens (tertiary/aromatic N) is 1. The van der Waals surface area contributed by atoms with Crippen molar-refractivity contribution in [3.63, 3.8) is 0 Å². The molecule has 0 unspecified atom stereocenters. The molecular formula is C27H23Cl2N3O3. The van der Waals surface area contributed by atoms with Gasteiger partial charge in [-0.3, -0.25) is 19.3 Å². The molecular weight excluding hydrogens is 485 g/mol. The van der Waals surface area contributed by atoms with Crippen molar-refractivity contribution in [3.8, 4) is 0 Å². The normalized spacial score (nSPS) is 13.4. The van der Waals surface area contributed by atoms with Gasteiger partial charge in [-0.15, -0.1) is 0 Å². The van der Waals surface area contributed by atoms with Gasteiger partial charge < -0.3 is 10.6 Å². The first-order valence-electron chi connectivity index (χ1n) is 11.1. The molecule has 0 radical (unpaired) electrons. The fourth-order valence-electron chi connectivity index (χ4n) is 3.61. The highest BCUT2D eigenvalue weighted by molar-refractivity contribution is 6.47. The molecule has 35 heavy (non-hydrogen) atoms. The first-order valence-corrected chi connectivity index (χ1v) is 11.8. The number of benzene rings is 3.